The lowest BCUT2D eigenvalue weighted by Crippen LogP contribution is -2.36. The molecule has 0 spiro atoms. The Hall–Kier alpha value is -3.50. The lowest BCUT2D eigenvalue weighted by Gasteiger charge is -2.12. The van der Waals surface area contributed by atoms with E-state index < -0.39 is 35.3 Å². The Labute approximate surface area is 206 Å². The van der Waals surface area contributed by atoms with Crippen LogP contribution in [0.3, 0.4) is 0 Å². The van der Waals surface area contributed by atoms with Crippen molar-refractivity contribution in [1.29, 1.82) is 0 Å². The highest BCUT2D eigenvalue weighted by Gasteiger charge is 2.37. The van der Waals surface area contributed by atoms with E-state index in [1.807, 2.05) is 0 Å². The largest absolute Gasteiger partial charge is 0.457 e. The van der Waals surface area contributed by atoms with Gasteiger partial charge in [-0.2, -0.15) is 13.2 Å². The average molecular weight is 521 g/mol. The number of carbonyl (C=O) groups is 3. The van der Waals surface area contributed by atoms with E-state index in [1.165, 1.54) is 36.4 Å². The molecule has 0 saturated carbocycles. The van der Waals surface area contributed by atoms with E-state index in [-0.39, 0.29) is 22.0 Å². The average Bonchev–Trinajstić information content (AvgIpc) is 3.36. The number of alkyl halides is 3. The topological polar surface area (TPSA) is 79.6 Å². The van der Waals surface area contributed by atoms with E-state index in [0.29, 0.717) is 22.5 Å². The quantitative estimate of drug-likeness (QED) is 0.383. The van der Waals surface area contributed by atoms with Gasteiger partial charge in [0, 0.05) is 22.3 Å². The number of thioether (sulfide) groups is 1. The van der Waals surface area contributed by atoms with Gasteiger partial charge in [0.15, 0.2) is 0 Å². The monoisotopic (exact) mass is 520 g/mol. The van der Waals surface area contributed by atoms with E-state index in [2.05, 4.69) is 5.32 Å². The third-order valence-electron chi connectivity index (χ3n) is 5.03. The molecule has 1 N–H and O–H groups in total. The second kappa shape index (κ2) is 9.63. The zero-order valence-corrected chi connectivity index (χ0v) is 19.6. The van der Waals surface area contributed by atoms with Crippen LogP contribution in [0.1, 0.15) is 16.9 Å². The molecule has 1 fully saturated rings. The molecule has 2 aromatic carbocycles. The fraction of sp³-hybridized carbons (Fsp3) is 0.125. The first-order valence-corrected chi connectivity index (χ1v) is 11.3. The molecule has 0 aliphatic carbocycles. The van der Waals surface area contributed by atoms with Gasteiger partial charge in [0.1, 0.15) is 18.1 Å². The highest BCUT2D eigenvalue weighted by Crippen LogP contribution is 2.38. The van der Waals surface area contributed by atoms with Crippen LogP contribution in [0, 0.1) is 6.92 Å². The summed E-state index contributed by atoms with van der Waals surface area (Å²) in [7, 11) is 0. The molecule has 0 radical (unpaired) electrons. The second-order valence-corrected chi connectivity index (χ2v) is 8.93. The number of nitrogens with zero attached hydrogens (tertiary/aromatic N) is 1. The van der Waals surface area contributed by atoms with Crippen LogP contribution in [0.2, 0.25) is 5.02 Å². The smallest absolute Gasteiger partial charge is 0.417 e. The molecule has 3 amide bonds. The second-order valence-electron chi connectivity index (χ2n) is 7.53. The van der Waals surface area contributed by atoms with E-state index in [1.54, 1.807) is 25.1 Å². The Morgan fingerprint density at radius 1 is 1.14 bits per heavy atom. The summed E-state index contributed by atoms with van der Waals surface area (Å²) in [5, 5.41) is 2.36. The van der Waals surface area contributed by atoms with Gasteiger partial charge in [-0.05, 0) is 54.6 Å². The van der Waals surface area contributed by atoms with Crippen molar-refractivity contribution in [3.63, 3.8) is 0 Å². The van der Waals surface area contributed by atoms with Gasteiger partial charge in [-0.25, -0.2) is 0 Å². The van der Waals surface area contributed by atoms with Crippen molar-refractivity contribution in [2.45, 2.75) is 13.1 Å². The fourth-order valence-electron chi connectivity index (χ4n) is 3.30. The highest BCUT2D eigenvalue weighted by molar-refractivity contribution is 8.18. The van der Waals surface area contributed by atoms with Crippen molar-refractivity contribution < 1.29 is 32.0 Å². The van der Waals surface area contributed by atoms with E-state index in [4.69, 9.17) is 16.0 Å². The number of hydrogen-bond donors (Lipinski definition) is 1. The van der Waals surface area contributed by atoms with Gasteiger partial charge in [-0.15, -0.1) is 0 Å². The number of furan rings is 1. The summed E-state index contributed by atoms with van der Waals surface area (Å²) in [5.74, 6) is -1.27. The molecule has 1 aliphatic rings. The number of hydrogen-bond acceptors (Lipinski definition) is 5. The number of rotatable bonds is 5. The fourth-order valence-corrected chi connectivity index (χ4v) is 4.30. The molecule has 11 heteroatoms. The first-order valence-electron chi connectivity index (χ1n) is 10.1. The first kappa shape index (κ1) is 24.6. The molecule has 3 aromatic rings. The molecule has 0 atom stereocenters. The van der Waals surface area contributed by atoms with Crippen molar-refractivity contribution in [1.82, 2.24) is 4.90 Å². The van der Waals surface area contributed by atoms with Crippen LogP contribution in [0.4, 0.5) is 23.7 Å². The number of benzene rings is 2. The predicted molar refractivity (Wildman–Crippen MR) is 127 cm³/mol. The van der Waals surface area contributed by atoms with Gasteiger partial charge in [0.05, 0.1) is 10.5 Å². The maximum Gasteiger partial charge on any atom is 0.417 e. The molecule has 0 unspecified atom stereocenters. The third-order valence-corrected chi connectivity index (χ3v) is 6.34. The minimum Gasteiger partial charge on any atom is -0.457 e. The summed E-state index contributed by atoms with van der Waals surface area (Å²) in [6.45, 7) is 1.29. The molecule has 35 heavy (non-hydrogen) atoms. The lowest BCUT2D eigenvalue weighted by molar-refractivity contribution is -0.137. The van der Waals surface area contributed by atoms with Crippen molar-refractivity contribution in [3.8, 4) is 11.3 Å². The molecule has 1 aliphatic heterocycles. The summed E-state index contributed by atoms with van der Waals surface area (Å²) in [5.41, 5.74) is 0.224. The van der Waals surface area contributed by atoms with Crippen molar-refractivity contribution in [2.75, 3.05) is 11.9 Å². The third kappa shape index (κ3) is 5.44. The molecule has 4 rings (SSSR count). The van der Waals surface area contributed by atoms with Crippen LogP contribution >= 0.6 is 23.4 Å². The van der Waals surface area contributed by atoms with Gasteiger partial charge in [0.2, 0.25) is 5.91 Å². The number of anilines is 1. The maximum atomic E-state index is 13.3. The van der Waals surface area contributed by atoms with Crippen LogP contribution in [-0.2, 0) is 15.8 Å². The van der Waals surface area contributed by atoms with Crippen molar-refractivity contribution in [3.05, 3.63) is 81.4 Å². The van der Waals surface area contributed by atoms with Gasteiger partial charge < -0.3 is 9.73 Å². The summed E-state index contributed by atoms with van der Waals surface area (Å²) < 4.78 is 45.4. The molecule has 1 saturated heterocycles. The first-order chi connectivity index (χ1) is 16.5. The molecular formula is C24H16ClF3N2O4S. The summed E-state index contributed by atoms with van der Waals surface area (Å²) in [4.78, 5) is 38.1. The van der Waals surface area contributed by atoms with E-state index in [0.717, 1.165) is 16.5 Å². The Morgan fingerprint density at radius 3 is 2.60 bits per heavy atom. The Morgan fingerprint density at radius 2 is 1.89 bits per heavy atom. The lowest BCUT2D eigenvalue weighted by atomic mass is 10.1. The minimum absolute atomic E-state index is 0.0220. The summed E-state index contributed by atoms with van der Waals surface area (Å²) >= 11 is 6.64. The van der Waals surface area contributed by atoms with Gasteiger partial charge in [-0.3, -0.25) is 19.3 Å². The Balaban J connectivity index is 1.48. The zero-order chi connectivity index (χ0) is 25.3. The number of nitrogens with one attached hydrogen (secondary N) is 1. The highest BCUT2D eigenvalue weighted by atomic mass is 35.5. The van der Waals surface area contributed by atoms with Crippen LogP contribution in [0.5, 0.6) is 0 Å². The van der Waals surface area contributed by atoms with Gasteiger partial charge in [-0.1, -0.05) is 35.9 Å². The number of carbonyl (C=O) groups excluding carboxylic acids is 3. The van der Waals surface area contributed by atoms with E-state index >= 15 is 0 Å². The summed E-state index contributed by atoms with van der Waals surface area (Å²) in [6.07, 6.45) is -3.32. The number of halogens is 4. The molecule has 1 aromatic heterocycles. The van der Waals surface area contributed by atoms with Crippen LogP contribution < -0.4 is 5.32 Å². The van der Waals surface area contributed by atoms with Crippen molar-refractivity contribution >= 4 is 52.2 Å². The van der Waals surface area contributed by atoms with Crippen LogP contribution in [-0.4, -0.2) is 28.5 Å². The zero-order valence-electron chi connectivity index (χ0n) is 18.0. The summed E-state index contributed by atoms with van der Waals surface area (Å²) in [6, 6.07) is 12.6. The SMILES string of the molecule is Cc1ccc(NC(=O)CN2C(=O)S/C(=C/c3ccc(-c4ccccc4C(F)(F)F)o3)C2=O)cc1Cl. The number of aryl methyl sites for hydroxylation is 1. The normalized spacial score (nSPS) is 15.2. The maximum absolute atomic E-state index is 13.3. The van der Waals surface area contributed by atoms with Crippen LogP contribution in [0.15, 0.2) is 63.9 Å². The number of amides is 3. The van der Waals surface area contributed by atoms with E-state index in [9.17, 15) is 27.6 Å². The Kier molecular flexibility index (Phi) is 6.77. The molecule has 180 valence electrons. The molecular weight excluding hydrogens is 505 g/mol. The Bertz CT molecular complexity index is 1370. The van der Waals surface area contributed by atoms with Crippen LogP contribution in [0.25, 0.3) is 17.4 Å². The standard InChI is InChI=1S/C24H16ClF3N2O4S/c1-13-6-7-14(10-18(13)25)29-21(31)12-30-22(32)20(35-23(30)33)11-15-8-9-19(34-15)16-4-2-3-5-17(16)24(26,27)28/h2-11H,12H2,1H3,(H,29,31)/b20-11+. The van der Waals surface area contributed by atoms with Gasteiger partial charge in [0.25, 0.3) is 11.1 Å². The molecule has 6 nitrogen and oxygen atoms in total. The predicted octanol–water partition coefficient (Wildman–Crippen LogP) is 6.60. The van der Waals surface area contributed by atoms with Gasteiger partial charge >= 0.3 is 6.18 Å². The number of imide groups is 1. The van der Waals surface area contributed by atoms with Crippen molar-refractivity contribution in [2.24, 2.45) is 0 Å². The molecule has 0 bridgehead atoms. The molecule has 2 heterocycles. The minimum atomic E-state index is -4.57.